The predicted octanol–water partition coefficient (Wildman–Crippen LogP) is 2.71. The van der Waals surface area contributed by atoms with Gasteiger partial charge in [-0.15, -0.1) is 0 Å². The third kappa shape index (κ3) is 1.86. The molecule has 0 radical (unpaired) electrons. The van der Waals surface area contributed by atoms with Crippen molar-refractivity contribution in [1.82, 2.24) is 9.78 Å². The van der Waals surface area contributed by atoms with Crippen LogP contribution < -0.4 is 5.73 Å². The van der Waals surface area contributed by atoms with Crippen LogP contribution in [-0.2, 0) is 0 Å². The second-order valence-electron chi connectivity index (χ2n) is 3.88. The minimum absolute atomic E-state index is 0.368. The Morgan fingerprint density at radius 1 is 1.13 bits per heavy atom. The summed E-state index contributed by atoms with van der Waals surface area (Å²) in [4.78, 5) is 0. The first-order chi connectivity index (χ1) is 7.18. The third-order valence-corrected chi connectivity index (χ3v) is 2.37. The van der Waals surface area contributed by atoms with Gasteiger partial charge in [0.15, 0.2) is 0 Å². The zero-order valence-electron chi connectivity index (χ0n) is 9.01. The zero-order chi connectivity index (χ0) is 10.8. The van der Waals surface area contributed by atoms with Crippen molar-refractivity contribution in [3.8, 4) is 11.3 Å². The van der Waals surface area contributed by atoms with Crippen LogP contribution in [0.25, 0.3) is 11.3 Å². The smallest absolute Gasteiger partial charge is 0.0685 e. The van der Waals surface area contributed by atoms with E-state index in [0.29, 0.717) is 6.04 Å². The highest BCUT2D eigenvalue weighted by molar-refractivity contribution is 5.62. The van der Waals surface area contributed by atoms with Gasteiger partial charge in [0.25, 0.3) is 0 Å². The van der Waals surface area contributed by atoms with E-state index in [2.05, 4.69) is 18.9 Å². The first-order valence-electron chi connectivity index (χ1n) is 5.08. The summed E-state index contributed by atoms with van der Waals surface area (Å²) in [7, 11) is 0. The molecule has 1 heterocycles. The Bertz CT molecular complexity index is 440. The van der Waals surface area contributed by atoms with E-state index in [1.165, 1.54) is 0 Å². The number of nitrogens with zero attached hydrogens (tertiary/aromatic N) is 2. The number of aromatic nitrogens is 2. The molecule has 2 aromatic rings. The van der Waals surface area contributed by atoms with Gasteiger partial charge in [-0.1, -0.05) is 12.1 Å². The lowest BCUT2D eigenvalue weighted by Gasteiger charge is -2.10. The van der Waals surface area contributed by atoms with Gasteiger partial charge >= 0.3 is 0 Å². The molecule has 15 heavy (non-hydrogen) atoms. The van der Waals surface area contributed by atoms with Crippen molar-refractivity contribution < 1.29 is 0 Å². The molecular formula is C12H15N3. The maximum absolute atomic E-state index is 5.66. The van der Waals surface area contributed by atoms with Gasteiger partial charge in [0.2, 0.25) is 0 Å². The number of benzene rings is 1. The Hall–Kier alpha value is -1.77. The van der Waals surface area contributed by atoms with Crippen molar-refractivity contribution in [1.29, 1.82) is 0 Å². The summed E-state index contributed by atoms with van der Waals surface area (Å²) in [5, 5.41) is 4.30. The molecule has 1 aromatic heterocycles. The summed E-state index contributed by atoms with van der Waals surface area (Å²) in [6.07, 6.45) is 1.83. The highest BCUT2D eigenvalue weighted by Gasteiger charge is 2.07. The van der Waals surface area contributed by atoms with Gasteiger partial charge in [-0.25, -0.2) is 0 Å². The highest BCUT2D eigenvalue weighted by Crippen LogP contribution is 2.22. The van der Waals surface area contributed by atoms with Crippen LogP contribution in [0.4, 0.5) is 5.69 Å². The largest absolute Gasteiger partial charge is 0.399 e. The van der Waals surface area contributed by atoms with Crippen molar-refractivity contribution >= 4 is 5.69 Å². The van der Waals surface area contributed by atoms with E-state index in [1.54, 1.807) is 0 Å². The predicted molar refractivity (Wildman–Crippen MR) is 62.5 cm³/mol. The Morgan fingerprint density at radius 2 is 1.80 bits per heavy atom. The maximum Gasteiger partial charge on any atom is 0.0685 e. The molecular weight excluding hydrogens is 186 g/mol. The molecule has 0 aliphatic rings. The molecule has 3 nitrogen and oxygen atoms in total. The summed E-state index contributed by atoms with van der Waals surface area (Å²) in [6.45, 7) is 4.24. The number of rotatable bonds is 2. The van der Waals surface area contributed by atoms with Gasteiger partial charge in [0.1, 0.15) is 0 Å². The molecule has 78 valence electrons. The molecule has 1 aromatic carbocycles. The maximum atomic E-state index is 5.66. The highest BCUT2D eigenvalue weighted by atomic mass is 15.3. The second kappa shape index (κ2) is 3.77. The van der Waals surface area contributed by atoms with E-state index in [0.717, 1.165) is 16.9 Å². The van der Waals surface area contributed by atoms with Crippen LogP contribution in [0.15, 0.2) is 36.5 Å². The first kappa shape index (κ1) is 9.77. The van der Waals surface area contributed by atoms with Crippen LogP contribution in [0.5, 0.6) is 0 Å². The molecule has 0 atom stereocenters. The zero-order valence-corrected chi connectivity index (χ0v) is 9.01. The van der Waals surface area contributed by atoms with E-state index in [4.69, 9.17) is 5.73 Å². The van der Waals surface area contributed by atoms with Crippen molar-refractivity contribution in [2.24, 2.45) is 0 Å². The van der Waals surface area contributed by atoms with E-state index in [9.17, 15) is 0 Å². The molecule has 0 spiro atoms. The fourth-order valence-corrected chi connectivity index (χ4v) is 1.61. The van der Waals surface area contributed by atoms with Gasteiger partial charge in [-0.2, -0.15) is 5.10 Å². The van der Waals surface area contributed by atoms with Gasteiger partial charge < -0.3 is 5.73 Å². The Kier molecular flexibility index (Phi) is 2.46. The first-order valence-corrected chi connectivity index (χ1v) is 5.08. The average molecular weight is 201 g/mol. The fourth-order valence-electron chi connectivity index (χ4n) is 1.61. The minimum atomic E-state index is 0.368. The van der Waals surface area contributed by atoms with E-state index >= 15 is 0 Å². The summed E-state index contributed by atoms with van der Waals surface area (Å²) < 4.78 is 2.01. The SMILES string of the molecule is CC(C)n1nccc1-c1ccc(N)cc1. The monoisotopic (exact) mass is 201 g/mol. The van der Waals surface area contributed by atoms with Crippen molar-refractivity contribution in [2.75, 3.05) is 5.73 Å². The number of anilines is 1. The minimum Gasteiger partial charge on any atom is -0.399 e. The van der Waals surface area contributed by atoms with Crippen molar-refractivity contribution in [2.45, 2.75) is 19.9 Å². The summed E-state index contributed by atoms with van der Waals surface area (Å²) in [6, 6.07) is 10.2. The summed E-state index contributed by atoms with van der Waals surface area (Å²) >= 11 is 0. The molecule has 0 unspecified atom stereocenters. The van der Waals surface area contributed by atoms with E-state index < -0.39 is 0 Å². The number of nitrogens with two attached hydrogens (primary N) is 1. The van der Waals surface area contributed by atoms with Gasteiger partial charge in [-0.05, 0) is 37.6 Å². The Morgan fingerprint density at radius 3 is 2.40 bits per heavy atom. The molecule has 0 aliphatic heterocycles. The third-order valence-electron chi connectivity index (χ3n) is 2.37. The lowest BCUT2D eigenvalue weighted by Crippen LogP contribution is -2.04. The molecule has 0 fully saturated rings. The molecule has 3 heteroatoms. The van der Waals surface area contributed by atoms with Crippen LogP contribution in [0, 0.1) is 0 Å². The summed E-state index contributed by atoms with van der Waals surface area (Å²) in [5.41, 5.74) is 8.72. The molecule has 0 bridgehead atoms. The van der Waals surface area contributed by atoms with Gasteiger partial charge in [0, 0.05) is 17.9 Å². The van der Waals surface area contributed by atoms with Gasteiger partial charge in [-0.3, -0.25) is 4.68 Å². The van der Waals surface area contributed by atoms with Crippen LogP contribution in [0.1, 0.15) is 19.9 Å². The Labute approximate surface area is 89.5 Å². The van der Waals surface area contributed by atoms with Crippen molar-refractivity contribution in [3.63, 3.8) is 0 Å². The normalized spacial score (nSPS) is 10.9. The second-order valence-corrected chi connectivity index (χ2v) is 3.88. The topological polar surface area (TPSA) is 43.8 Å². The standard InChI is InChI=1S/C12H15N3/c1-9(2)15-12(7-8-14-15)10-3-5-11(13)6-4-10/h3-9H,13H2,1-2H3. The molecule has 2 rings (SSSR count). The molecule has 0 amide bonds. The van der Waals surface area contributed by atoms with E-state index in [-0.39, 0.29) is 0 Å². The quantitative estimate of drug-likeness (QED) is 0.759. The van der Waals surface area contributed by atoms with Crippen LogP contribution >= 0.6 is 0 Å². The van der Waals surface area contributed by atoms with Crippen LogP contribution in [-0.4, -0.2) is 9.78 Å². The summed E-state index contributed by atoms with van der Waals surface area (Å²) in [5.74, 6) is 0. The Balaban J connectivity index is 2.45. The fraction of sp³-hybridized carbons (Fsp3) is 0.250. The number of hydrogen-bond acceptors (Lipinski definition) is 2. The number of hydrogen-bond donors (Lipinski definition) is 1. The molecule has 0 aliphatic carbocycles. The van der Waals surface area contributed by atoms with Crippen molar-refractivity contribution in [3.05, 3.63) is 36.5 Å². The average Bonchev–Trinajstić information content (AvgIpc) is 2.67. The lowest BCUT2D eigenvalue weighted by molar-refractivity contribution is 0.538. The van der Waals surface area contributed by atoms with Gasteiger partial charge in [0.05, 0.1) is 5.69 Å². The lowest BCUT2D eigenvalue weighted by atomic mass is 10.1. The van der Waals surface area contributed by atoms with Crippen LogP contribution in [0.2, 0.25) is 0 Å². The molecule has 0 saturated carbocycles. The van der Waals surface area contributed by atoms with Crippen LogP contribution in [0.3, 0.4) is 0 Å². The molecule has 2 N–H and O–H groups in total. The molecule has 0 saturated heterocycles. The van der Waals surface area contributed by atoms with E-state index in [1.807, 2.05) is 41.2 Å². The number of nitrogen functional groups attached to an aromatic ring is 1.